The molecule has 0 unspecified atom stereocenters. The maximum atomic E-state index is 13.2. The van der Waals surface area contributed by atoms with E-state index in [1.807, 2.05) is 0 Å². The van der Waals surface area contributed by atoms with Crippen molar-refractivity contribution < 1.29 is 24.5 Å². The molecule has 0 saturated carbocycles. The quantitative estimate of drug-likeness (QED) is 0.361. The Balaban J connectivity index is 1.48. The number of anilines is 1. The molecule has 34 heavy (non-hydrogen) atoms. The molecule has 180 valence electrons. The minimum absolute atomic E-state index is 0.154. The highest BCUT2D eigenvalue weighted by Gasteiger charge is 2.49. The number of aryl methyl sites for hydroxylation is 1. The molecule has 0 bridgehead atoms. The number of fused-ring (bicyclic) bond motifs is 1. The summed E-state index contributed by atoms with van der Waals surface area (Å²) in [6, 6.07) is 1.80. The van der Waals surface area contributed by atoms with E-state index in [2.05, 4.69) is 15.1 Å². The monoisotopic (exact) mass is 470 g/mol. The molecule has 2 saturated heterocycles. The topological polar surface area (TPSA) is 188 Å². The Labute approximate surface area is 193 Å². The maximum Gasteiger partial charge on any atom is 0.254 e. The molecule has 6 N–H and O–H groups in total. The summed E-state index contributed by atoms with van der Waals surface area (Å²) in [5.41, 5.74) is 13.1. The van der Waals surface area contributed by atoms with Crippen LogP contribution in [0.2, 0.25) is 0 Å². The lowest BCUT2D eigenvalue weighted by molar-refractivity contribution is -0.151. The van der Waals surface area contributed by atoms with Gasteiger partial charge in [-0.05, 0) is 18.9 Å². The van der Waals surface area contributed by atoms with Gasteiger partial charge in [0.25, 0.3) is 5.91 Å². The van der Waals surface area contributed by atoms with Crippen LogP contribution in [0.1, 0.15) is 19.1 Å². The number of aliphatic hydroxyl groups excluding tert-OH is 2. The number of carbonyl (C=O) groups excluding carboxylic acids is 2. The van der Waals surface area contributed by atoms with Crippen LogP contribution in [-0.4, -0.2) is 82.6 Å². The van der Waals surface area contributed by atoms with Crippen molar-refractivity contribution >= 4 is 28.7 Å². The van der Waals surface area contributed by atoms with Crippen molar-refractivity contribution in [2.24, 2.45) is 18.7 Å². The Bertz CT molecular complexity index is 1260. The molecule has 5 rings (SSSR count). The zero-order valence-electron chi connectivity index (χ0n) is 18.5. The van der Waals surface area contributed by atoms with Crippen LogP contribution in [0.4, 0.5) is 5.82 Å². The molecule has 0 aromatic carbocycles. The van der Waals surface area contributed by atoms with Gasteiger partial charge in [0.1, 0.15) is 30.0 Å². The van der Waals surface area contributed by atoms with Gasteiger partial charge in [-0.15, -0.1) is 0 Å². The number of nitrogen functional groups attached to an aromatic ring is 1. The van der Waals surface area contributed by atoms with Gasteiger partial charge in [0.15, 0.2) is 12.3 Å². The number of aromatic nitrogens is 5. The van der Waals surface area contributed by atoms with E-state index in [1.54, 1.807) is 30.2 Å². The van der Waals surface area contributed by atoms with E-state index >= 15 is 0 Å². The van der Waals surface area contributed by atoms with E-state index in [-0.39, 0.29) is 12.4 Å². The average molecular weight is 470 g/mol. The van der Waals surface area contributed by atoms with Crippen LogP contribution in [0.15, 0.2) is 24.8 Å². The summed E-state index contributed by atoms with van der Waals surface area (Å²) in [4.78, 5) is 34.6. The zero-order chi connectivity index (χ0) is 24.1. The highest BCUT2D eigenvalue weighted by molar-refractivity contribution is 5.99. The molecule has 2 aliphatic heterocycles. The molecule has 13 nitrogen and oxygen atoms in total. The summed E-state index contributed by atoms with van der Waals surface area (Å²) >= 11 is 0. The first kappa shape index (κ1) is 22.3. The standard InChI is InChI=1S/C21H26N8O5/c1-27-6-4-12(26-27)11-8-29(19-13(11)17(22)24-9-25-19)21-15(31)14(30)16(34-21)20(33)28-5-2-3-10(7-28)18(23)32/h4,6,8-10,14-16,21,30-31H,2-3,5,7H2,1H3,(H2,23,32)(H2,22,24,25)/t10-,14+,15-,16+,21-/m1/s1. The van der Waals surface area contributed by atoms with E-state index in [0.717, 1.165) is 0 Å². The van der Waals surface area contributed by atoms with Crippen LogP contribution < -0.4 is 11.5 Å². The zero-order valence-corrected chi connectivity index (χ0v) is 18.5. The summed E-state index contributed by atoms with van der Waals surface area (Å²) in [5.74, 6) is -1.21. The third-order valence-corrected chi connectivity index (χ3v) is 6.52. The summed E-state index contributed by atoms with van der Waals surface area (Å²) in [7, 11) is 1.78. The Morgan fingerprint density at radius 3 is 2.74 bits per heavy atom. The van der Waals surface area contributed by atoms with Crippen molar-refractivity contribution in [3.8, 4) is 11.3 Å². The van der Waals surface area contributed by atoms with Crippen molar-refractivity contribution in [1.82, 2.24) is 29.2 Å². The fraction of sp³-hybridized carbons (Fsp3) is 0.476. The van der Waals surface area contributed by atoms with Gasteiger partial charge >= 0.3 is 0 Å². The maximum absolute atomic E-state index is 13.2. The van der Waals surface area contributed by atoms with Gasteiger partial charge in [0, 0.05) is 38.1 Å². The lowest BCUT2D eigenvalue weighted by atomic mass is 9.96. The summed E-state index contributed by atoms with van der Waals surface area (Å²) in [6.45, 7) is 0.567. The Hall–Kier alpha value is -3.55. The Morgan fingerprint density at radius 2 is 2.03 bits per heavy atom. The molecular formula is C21H26N8O5. The smallest absolute Gasteiger partial charge is 0.254 e. The molecule has 0 radical (unpaired) electrons. The number of nitrogens with two attached hydrogens (primary N) is 2. The van der Waals surface area contributed by atoms with Crippen molar-refractivity contribution in [3.05, 3.63) is 24.8 Å². The van der Waals surface area contributed by atoms with E-state index in [9.17, 15) is 19.8 Å². The fourth-order valence-corrected chi connectivity index (χ4v) is 4.74. The lowest BCUT2D eigenvalue weighted by Crippen LogP contribution is -2.50. The van der Waals surface area contributed by atoms with E-state index in [4.69, 9.17) is 16.2 Å². The van der Waals surface area contributed by atoms with Crippen LogP contribution in [-0.2, 0) is 21.4 Å². The first-order valence-corrected chi connectivity index (χ1v) is 11.0. The number of ether oxygens (including phenoxy) is 1. The van der Waals surface area contributed by atoms with Crippen LogP contribution in [0.3, 0.4) is 0 Å². The van der Waals surface area contributed by atoms with Gasteiger partial charge in [-0.25, -0.2) is 9.97 Å². The van der Waals surface area contributed by atoms with Gasteiger partial charge in [0.05, 0.1) is 17.0 Å². The number of piperidine rings is 1. The molecule has 2 aliphatic rings. The molecule has 2 fully saturated rings. The van der Waals surface area contributed by atoms with Gasteiger partial charge in [0.2, 0.25) is 5.91 Å². The normalized spacial score (nSPS) is 27.4. The number of aliphatic hydroxyl groups is 2. The van der Waals surface area contributed by atoms with Gasteiger partial charge in [-0.1, -0.05) is 0 Å². The minimum atomic E-state index is -1.48. The van der Waals surface area contributed by atoms with Crippen molar-refractivity contribution in [2.45, 2.75) is 37.4 Å². The van der Waals surface area contributed by atoms with Gasteiger partial charge < -0.3 is 35.9 Å². The number of hydrogen-bond acceptors (Lipinski definition) is 9. The van der Waals surface area contributed by atoms with Crippen molar-refractivity contribution in [2.75, 3.05) is 18.8 Å². The number of primary amides is 1. The van der Waals surface area contributed by atoms with Gasteiger partial charge in [-0.2, -0.15) is 5.10 Å². The lowest BCUT2D eigenvalue weighted by Gasteiger charge is -2.33. The number of carbonyl (C=O) groups is 2. The van der Waals surface area contributed by atoms with Crippen LogP contribution in [0.25, 0.3) is 22.3 Å². The molecule has 2 amide bonds. The highest BCUT2D eigenvalue weighted by Crippen LogP contribution is 2.38. The summed E-state index contributed by atoms with van der Waals surface area (Å²) in [5, 5.41) is 26.5. The number of amides is 2. The average Bonchev–Trinajstić information content (AvgIpc) is 3.50. The molecule has 3 aromatic heterocycles. The van der Waals surface area contributed by atoms with Gasteiger partial charge in [-0.3, -0.25) is 14.3 Å². The van der Waals surface area contributed by atoms with Crippen molar-refractivity contribution in [1.29, 1.82) is 0 Å². The Morgan fingerprint density at radius 1 is 1.24 bits per heavy atom. The van der Waals surface area contributed by atoms with E-state index in [1.165, 1.54) is 15.8 Å². The highest BCUT2D eigenvalue weighted by atomic mass is 16.6. The number of nitrogens with zero attached hydrogens (tertiary/aromatic N) is 6. The largest absolute Gasteiger partial charge is 0.387 e. The van der Waals surface area contributed by atoms with Crippen molar-refractivity contribution in [3.63, 3.8) is 0 Å². The second-order valence-electron chi connectivity index (χ2n) is 8.74. The second kappa shape index (κ2) is 8.34. The molecule has 5 atom stereocenters. The predicted octanol–water partition coefficient (Wildman–Crippen LogP) is -1.24. The van der Waals surface area contributed by atoms with Crippen LogP contribution >= 0.6 is 0 Å². The molecule has 13 heteroatoms. The molecule has 5 heterocycles. The predicted molar refractivity (Wildman–Crippen MR) is 119 cm³/mol. The SMILES string of the molecule is Cn1ccc(-c2cn([C@@H]3O[C@H](C(=O)N4CCC[C@@H](C(N)=O)C4)[C@@H](O)[C@H]3O)c3ncnc(N)c23)n1. The first-order valence-electron chi connectivity index (χ1n) is 11.0. The molecule has 0 spiro atoms. The number of hydrogen-bond donors (Lipinski definition) is 4. The Kier molecular flexibility index (Phi) is 5.46. The summed E-state index contributed by atoms with van der Waals surface area (Å²) < 4.78 is 9.08. The third kappa shape index (κ3) is 3.57. The summed E-state index contributed by atoms with van der Waals surface area (Å²) in [6.07, 6.45) is 0.595. The minimum Gasteiger partial charge on any atom is -0.387 e. The molecular weight excluding hydrogens is 444 g/mol. The number of rotatable bonds is 4. The second-order valence-corrected chi connectivity index (χ2v) is 8.74. The van der Waals surface area contributed by atoms with Crippen LogP contribution in [0, 0.1) is 5.92 Å². The fourth-order valence-electron chi connectivity index (χ4n) is 4.74. The molecule has 3 aromatic rings. The number of likely N-dealkylation sites (tertiary alicyclic amines) is 1. The third-order valence-electron chi connectivity index (χ3n) is 6.52. The van der Waals surface area contributed by atoms with E-state index < -0.39 is 42.3 Å². The first-order chi connectivity index (χ1) is 16.3. The molecule has 0 aliphatic carbocycles. The van der Waals surface area contributed by atoms with Crippen LogP contribution in [0.5, 0.6) is 0 Å². The van der Waals surface area contributed by atoms with E-state index in [0.29, 0.717) is 41.7 Å².